The lowest BCUT2D eigenvalue weighted by molar-refractivity contribution is -0.141. The lowest BCUT2D eigenvalue weighted by Crippen LogP contribution is -2.06. The summed E-state index contributed by atoms with van der Waals surface area (Å²) in [4.78, 5) is 9.93. The van der Waals surface area contributed by atoms with Crippen LogP contribution < -0.4 is 5.73 Å². The average molecular weight is 213 g/mol. The van der Waals surface area contributed by atoms with Crippen molar-refractivity contribution < 1.29 is 14.3 Å². The van der Waals surface area contributed by atoms with E-state index in [9.17, 15) is 9.18 Å². The van der Waals surface area contributed by atoms with Gasteiger partial charge in [-0.05, 0) is 30.7 Å². The summed E-state index contributed by atoms with van der Waals surface area (Å²) in [6, 6.07) is 5.70. The van der Waals surface area contributed by atoms with E-state index in [4.69, 9.17) is 10.8 Å². The first-order chi connectivity index (χ1) is 6.97. The van der Waals surface area contributed by atoms with Crippen molar-refractivity contribution in [2.24, 2.45) is 5.92 Å². The van der Waals surface area contributed by atoms with Crippen molar-refractivity contribution in [1.82, 2.24) is 0 Å². The fraction of sp³-hybridized carbons (Fsp3) is 0.364. The third-order valence-corrected chi connectivity index (χ3v) is 1.90. The van der Waals surface area contributed by atoms with Gasteiger partial charge in [-0.15, -0.1) is 0 Å². The Bertz CT molecular complexity index is 277. The number of hydrogen-bond donors (Lipinski definition) is 2. The number of carboxylic acids is 1. The Labute approximate surface area is 88.7 Å². The summed E-state index contributed by atoms with van der Waals surface area (Å²) in [6.07, 6.45) is 0.718. The maximum absolute atomic E-state index is 12.0. The summed E-state index contributed by atoms with van der Waals surface area (Å²) in [5, 5.41) is 8.18. The second kappa shape index (κ2) is 6.81. The number of nitrogen functional groups attached to an aromatic ring is 1. The van der Waals surface area contributed by atoms with Crippen molar-refractivity contribution in [1.29, 1.82) is 0 Å². The molecule has 0 spiro atoms. The van der Waals surface area contributed by atoms with Crippen LogP contribution in [0, 0.1) is 11.7 Å². The van der Waals surface area contributed by atoms with Crippen LogP contribution in [-0.4, -0.2) is 11.1 Å². The zero-order chi connectivity index (χ0) is 11.8. The average Bonchev–Trinajstić information content (AvgIpc) is 2.22. The van der Waals surface area contributed by atoms with Gasteiger partial charge in [0.2, 0.25) is 0 Å². The first-order valence-electron chi connectivity index (χ1n) is 4.71. The minimum absolute atomic E-state index is 0.181. The van der Waals surface area contributed by atoms with Gasteiger partial charge in [-0.1, -0.05) is 13.8 Å². The van der Waals surface area contributed by atoms with Gasteiger partial charge in [0.25, 0.3) is 0 Å². The van der Waals surface area contributed by atoms with E-state index in [-0.39, 0.29) is 11.7 Å². The topological polar surface area (TPSA) is 63.3 Å². The predicted octanol–water partition coefficient (Wildman–Crippen LogP) is 2.53. The second-order valence-corrected chi connectivity index (χ2v) is 3.20. The Morgan fingerprint density at radius 1 is 1.47 bits per heavy atom. The third-order valence-electron chi connectivity index (χ3n) is 1.90. The highest BCUT2D eigenvalue weighted by molar-refractivity contribution is 5.69. The van der Waals surface area contributed by atoms with Gasteiger partial charge in [-0.25, -0.2) is 4.39 Å². The maximum atomic E-state index is 12.0. The molecule has 84 valence electrons. The van der Waals surface area contributed by atoms with E-state index in [1.165, 1.54) is 24.3 Å². The van der Waals surface area contributed by atoms with Gasteiger partial charge in [0, 0.05) is 5.69 Å². The van der Waals surface area contributed by atoms with Crippen LogP contribution in [0.2, 0.25) is 0 Å². The van der Waals surface area contributed by atoms with Crippen LogP contribution in [0.4, 0.5) is 10.1 Å². The van der Waals surface area contributed by atoms with Crippen molar-refractivity contribution in [3.05, 3.63) is 30.1 Å². The molecule has 0 aliphatic carbocycles. The van der Waals surface area contributed by atoms with E-state index in [0.717, 1.165) is 6.42 Å². The summed E-state index contributed by atoms with van der Waals surface area (Å²) >= 11 is 0. The summed E-state index contributed by atoms with van der Waals surface area (Å²) in [5.41, 5.74) is 5.85. The Morgan fingerprint density at radius 3 is 2.13 bits per heavy atom. The van der Waals surface area contributed by atoms with Gasteiger partial charge in [0.15, 0.2) is 0 Å². The molecule has 0 aliphatic rings. The van der Waals surface area contributed by atoms with Crippen LogP contribution in [0.15, 0.2) is 24.3 Å². The smallest absolute Gasteiger partial charge is 0.306 e. The van der Waals surface area contributed by atoms with Gasteiger partial charge in [-0.3, -0.25) is 4.79 Å². The lowest BCUT2D eigenvalue weighted by atomic mass is 10.1. The van der Waals surface area contributed by atoms with E-state index >= 15 is 0 Å². The van der Waals surface area contributed by atoms with E-state index < -0.39 is 5.97 Å². The molecular formula is C11H16FNO2. The fourth-order valence-corrected chi connectivity index (χ4v) is 0.637. The predicted molar refractivity (Wildman–Crippen MR) is 57.9 cm³/mol. The molecule has 0 radical (unpaired) electrons. The molecule has 0 saturated heterocycles. The summed E-state index contributed by atoms with van der Waals surface area (Å²) in [6.45, 7) is 3.56. The molecule has 3 N–H and O–H groups in total. The fourth-order valence-electron chi connectivity index (χ4n) is 0.637. The van der Waals surface area contributed by atoms with Crippen LogP contribution in [0.1, 0.15) is 20.3 Å². The van der Waals surface area contributed by atoms with Crippen molar-refractivity contribution >= 4 is 11.7 Å². The Morgan fingerprint density at radius 2 is 1.93 bits per heavy atom. The Balaban J connectivity index is 0.000000265. The number of hydrogen-bond acceptors (Lipinski definition) is 2. The summed E-state index contributed by atoms with van der Waals surface area (Å²) in [7, 11) is 0. The second-order valence-electron chi connectivity index (χ2n) is 3.20. The van der Waals surface area contributed by atoms with E-state index in [2.05, 4.69) is 0 Å². The van der Waals surface area contributed by atoms with E-state index in [0.29, 0.717) is 5.69 Å². The van der Waals surface area contributed by atoms with Gasteiger partial charge >= 0.3 is 5.97 Å². The van der Waals surface area contributed by atoms with Crippen molar-refractivity contribution in [3.63, 3.8) is 0 Å². The SMILES string of the molecule is CCC(C)C(=O)O.Nc1ccc(F)cc1. The number of anilines is 1. The normalized spacial score (nSPS) is 11.1. The zero-order valence-corrected chi connectivity index (χ0v) is 8.90. The number of aliphatic carboxylic acids is 1. The number of benzene rings is 1. The largest absolute Gasteiger partial charge is 0.481 e. The van der Waals surface area contributed by atoms with Crippen molar-refractivity contribution in [3.8, 4) is 0 Å². The Hall–Kier alpha value is -1.58. The molecule has 0 fully saturated rings. The third kappa shape index (κ3) is 6.49. The molecule has 0 aromatic heterocycles. The Kier molecular flexibility index (Phi) is 6.09. The number of carboxylic acid groups (broad SMARTS) is 1. The molecule has 1 unspecified atom stereocenters. The van der Waals surface area contributed by atoms with E-state index in [1.54, 1.807) is 6.92 Å². The number of rotatable bonds is 2. The molecule has 1 atom stereocenters. The van der Waals surface area contributed by atoms with Gasteiger partial charge < -0.3 is 10.8 Å². The molecule has 0 saturated carbocycles. The molecule has 0 heterocycles. The number of halogens is 1. The van der Waals surface area contributed by atoms with Crippen molar-refractivity contribution in [2.75, 3.05) is 5.73 Å². The van der Waals surface area contributed by atoms with Gasteiger partial charge in [-0.2, -0.15) is 0 Å². The van der Waals surface area contributed by atoms with Crippen LogP contribution in [0.25, 0.3) is 0 Å². The molecule has 15 heavy (non-hydrogen) atoms. The first-order valence-corrected chi connectivity index (χ1v) is 4.71. The quantitative estimate of drug-likeness (QED) is 0.742. The molecule has 0 amide bonds. The molecule has 1 aromatic carbocycles. The molecule has 3 nitrogen and oxygen atoms in total. The highest BCUT2D eigenvalue weighted by Gasteiger charge is 2.05. The monoisotopic (exact) mass is 213 g/mol. The highest BCUT2D eigenvalue weighted by Crippen LogP contribution is 2.01. The lowest BCUT2D eigenvalue weighted by Gasteiger charge is -1.96. The van der Waals surface area contributed by atoms with Gasteiger partial charge in [0.1, 0.15) is 5.82 Å². The van der Waals surface area contributed by atoms with Gasteiger partial charge in [0.05, 0.1) is 5.92 Å². The minimum atomic E-state index is -0.706. The van der Waals surface area contributed by atoms with Crippen LogP contribution in [0.3, 0.4) is 0 Å². The molecule has 1 rings (SSSR count). The van der Waals surface area contributed by atoms with Crippen LogP contribution >= 0.6 is 0 Å². The zero-order valence-electron chi connectivity index (χ0n) is 8.90. The number of nitrogens with two attached hydrogens (primary N) is 1. The molecule has 4 heteroatoms. The maximum Gasteiger partial charge on any atom is 0.306 e. The summed E-state index contributed by atoms with van der Waals surface area (Å²) in [5.74, 6) is -1.14. The van der Waals surface area contributed by atoms with Crippen LogP contribution in [0.5, 0.6) is 0 Å². The molecule has 1 aromatic rings. The molecule has 0 aliphatic heterocycles. The molecular weight excluding hydrogens is 197 g/mol. The minimum Gasteiger partial charge on any atom is -0.481 e. The van der Waals surface area contributed by atoms with E-state index in [1.807, 2.05) is 6.92 Å². The first kappa shape index (κ1) is 13.4. The highest BCUT2D eigenvalue weighted by atomic mass is 19.1. The van der Waals surface area contributed by atoms with Crippen LogP contribution in [-0.2, 0) is 4.79 Å². The molecule has 0 bridgehead atoms. The van der Waals surface area contributed by atoms with Crippen molar-refractivity contribution in [2.45, 2.75) is 20.3 Å². The summed E-state index contributed by atoms with van der Waals surface area (Å²) < 4.78 is 12.0. The standard InChI is InChI=1S/C6H6FN.C5H10O2/c7-5-1-3-6(8)4-2-5;1-3-4(2)5(6)7/h1-4H,8H2;4H,3H2,1-2H3,(H,6,7). The number of carbonyl (C=O) groups is 1.